The fraction of sp³-hybridized carbons (Fsp3) is 0.100. The smallest absolute Gasteiger partial charge is 0.134 e. The second-order valence-electron chi connectivity index (χ2n) is 5.33. The van der Waals surface area contributed by atoms with Crippen molar-refractivity contribution in [2.45, 2.75) is 6.92 Å². The number of nitrogens with zero attached hydrogens (tertiary/aromatic N) is 2. The fourth-order valence-electron chi connectivity index (χ4n) is 2.35. The van der Waals surface area contributed by atoms with Crippen LogP contribution in [-0.4, -0.2) is 11.6 Å². The fourth-order valence-corrected chi connectivity index (χ4v) is 3.64. The van der Waals surface area contributed by atoms with Gasteiger partial charge >= 0.3 is 0 Å². The first-order chi connectivity index (χ1) is 12.6. The molecule has 1 heterocycles. The zero-order chi connectivity index (χ0) is 18.5. The number of halogens is 2. The Morgan fingerprint density at radius 2 is 2.00 bits per heavy atom. The summed E-state index contributed by atoms with van der Waals surface area (Å²) in [4.78, 5) is 4.56. The average molecular weight is 401 g/mol. The Balaban J connectivity index is 1.89. The molecule has 0 bridgehead atoms. The van der Waals surface area contributed by atoms with Crippen LogP contribution in [0.3, 0.4) is 0 Å². The second kappa shape index (κ2) is 8.37. The molecule has 0 aliphatic heterocycles. The standard InChI is InChI=1S/C20H14Cl2N2OS/c1-2-25-16-6-3-13(4-7-16)9-14(11-23)20-24-19(12-26-20)17-8-5-15(21)10-18(17)22/h3-10,12H,2H2,1H3. The Labute approximate surface area is 166 Å². The monoisotopic (exact) mass is 400 g/mol. The van der Waals surface area contributed by atoms with Gasteiger partial charge in [0.25, 0.3) is 0 Å². The Kier molecular flexibility index (Phi) is 5.95. The zero-order valence-electron chi connectivity index (χ0n) is 13.9. The number of hydrogen-bond acceptors (Lipinski definition) is 4. The van der Waals surface area contributed by atoms with Gasteiger partial charge in [0.05, 0.1) is 22.9 Å². The molecular weight excluding hydrogens is 387 g/mol. The highest BCUT2D eigenvalue weighted by Gasteiger charge is 2.12. The van der Waals surface area contributed by atoms with E-state index in [4.69, 9.17) is 27.9 Å². The lowest BCUT2D eigenvalue weighted by molar-refractivity contribution is 0.340. The summed E-state index contributed by atoms with van der Waals surface area (Å²) in [6.07, 6.45) is 1.81. The van der Waals surface area contributed by atoms with Crippen LogP contribution in [0.1, 0.15) is 17.5 Å². The summed E-state index contributed by atoms with van der Waals surface area (Å²) in [6, 6.07) is 15.1. The third kappa shape index (κ3) is 4.25. The molecule has 0 unspecified atom stereocenters. The van der Waals surface area contributed by atoms with Crippen molar-refractivity contribution in [3.8, 4) is 23.1 Å². The number of nitriles is 1. The predicted molar refractivity (Wildman–Crippen MR) is 109 cm³/mol. The molecule has 0 amide bonds. The maximum Gasteiger partial charge on any atom is 0.134 e. The minimum absolute atomic E-state index is 0.496. The molecule has 0 spiro atoms. The lowest BCUT2D eigenvalue weighted by Crippen LogP contribution is -1.90. The van der Waals surface area contributed by atoms with E-state index in [1.54, 1.807) is 12.1 Å². The summed E-state index contributed by atoms with van der Waals surface area (Å²) in [5.74, 6) is 0.803. The van der Waals surface area contributed by atoms with Gasteiger partial charge in [0.15, 0.2) is 0 Å². The van der Waals surface area contributed by atoms with Gasteiger partial charge in [-0.25, -0.2) is 4.98 Å². The highest BCUT2D eigenvalue weighted by Crippen LogP contribution is 2.33. The molecule has 0 aliphatic rings. The SMILES string of the molecule is CCOc1ccc(C=C(C#N)c2nc(-c3ccc(Cl)cc3Cl)cs2)cc1. The summed E-state index contributed by atoms with van der Waals surface area (Å²) in [5, 5.41) is 13.2. The molecule has 2 aromatic carbocycles. The summed E-state index contributed by atoms with van der Waals surface area (Å²) in [6.45, 7) is 2.56. The molecule has 0 radical (unpaired) electrons. The molecule has 1 aromatic heterocycles. The van der Waals surface area contributed by atoms with E-state index in [9.17, 15) is 5.26 Å². The van der Waals surface area contributed by atoms with Crippen LogP contribution in [0, 0.1) is 11.3 Å². The van der Waals surface area contributed by atoms with Crippen molar-refractivity contribution in [2.24, 2.45) is 0 Å². The molecule has 6 heteroatoms. The van der Waals surface area contributed by atoms with Crippen molar-refractivity contribution in [3.63, 3.8) is 0 Å². The lowest BCUT2D eigenvalue weighted by Gasteiger charge is -2.03. The first-order valence-corrected chi connectivity index (χ1v) is 9.50. The van der Waals surface area contributed by atoms with E-state index in [2.05, 4.69) is 11.1 Å². The van der Waals surface area contributed by atoms with Gasteiger partial charge in [-0.2, -0.15) is 5.26 Å². The van der Waals surface area contributed by atoms with Crippen LogP contribution in [0.2, 0.25) is 10.0 Å². The third-order valence-corrected chi connectivity index (χ3v) is 4.99. The van der Waals surface area contributed by atoms with Crippen molar-refractivity contribution in [1.82, 2.24) is 4.98 Å². The van der Waals surface area contributed by atoms with E-state index in [0.29, 0.717) is 27.2 Å². The van der Waals surface area contributed by atoms with Gasteiger partial charge in [-0.1, -0.05) is 35.3 Å². The highest BCUT2D eigenvalue weighted by atomic mass is 35.5. The third-order valence-electron chi connectivity index (χ3n) is 3.56. The van der Waals surface area contributed by atoms with Gasteiger partial charge in [-0.15, -0.1) is 11.3 Å². The largest absolute Gasteiger partial charge is 0.494 e. The van der Waals surface area contributed by atoms with Crippen molar-refractivity contribution in [2.75, 3.05) is 6.61 Å². The van der Waals surface area contributed by atoms with Crippen LogP contribution >= 0.6 is 34.5 Å². The van der Waals surface area contributed by atoms with Gasteiger partial charge in [0.1, 0.15) is 16.8 Å². The maximum atomic E-state index is 9.53. The number of allylic oxidation sites excluding steroid dienone is 1. The second-order valence-corrected chi connectivity index (χ2v) is 7.04. The first-order valence-electron chi connectivity index (χ1n) is 7.86. The number of thiazole rings is 1. The topological polar surface area (TPSA) is 45.9 Å². The molecule has 0 N–H and O–H groups in total. The van der Waals surface area contributed by atoms with E-state index in [1.165, 1.54) is 11.3 Å². The van der Waals surface area contributed by atoms with E-state index in [1.807, 2.05) is 48.7 Å². The number of benzene rings is 2. The number of hydrogen-bond donors (Lipinski definition) is 0. The Bertz CT molecular complexity index is 988. The van der Waals surface area contributed by atoms with Crippen LogP contribution in [0.15, 0.2) is 47.8 Å². The van der Waals surface area contributed by atoms with Crippen LogP contribution < -0.4 is 4.74 Å². The quantitative estimate of drug-likeness (QED) is 0.454. The molecule has 3 rings (SSSR count). The summed E-state index contributed by atoms with van der Waals surface area (Å²) in [5.41, 5.74) is 2.92. The minimum Gasteiger partial charge on any atom is -0.494 e. The molecule has 3 nitrogen and oxygen atoms in total. The van der Waals surface area contributed by atoms with Gasteiger partial charge in [0, 0.05) is 16.0 Å². The minimum atomic E-state index is 0.496. The summed E-state index contributed by atoms with van der Waals surface area (Å²) < 4.78 is 5.43. The van der Waals surface area contributed by atoms with Crippen LogP contribution in [0.4, 0.5) is 0 Å². The van der Waals surface area contributed by atoms with E-state index >= 15 is 0 Å². The number of ether oxygens (including phenoxy) is 1. The van der Waals surface area contributed by atoms with Crippen LogP contribution in [-0.2, 0) is 0 Å². The molecule has 0 aliphatic carbocycles. The van der Waals surface area contributed by atoms with E-state index in [-0.39, 0.29) is 0 Å². The average Bonchev–Trinajstić information content (AvgIpc) is 3.11. The van der Waals surface area contributed by atoms with Gasteiger partial charge in [0.2, 0.25) is 0 Å². The van der Waals surface area contributed by atoms with Crippen molar-refractivity contribution in [3.05, 3.63) is 68.5 Å². The van der Waals surface area contributed by atoms with Gasteiger partial charge in [-0.05, 0) is 48.9 Å². The molecule has 26 heavy (non-hydrogen) atoms. The van der Waals surface area contributed by atoms with Crippen molar-refractivity contribution in [1.29, 1.82) is 5.26 Å². The Morgan fingerprint density at radius 1 is 1.23 bits per heavy atom. The zero-order valence-corrected chi connectivity index (χ0v) is 16.2. The molecule has 0 atom stereocenters. The molecule has 130 valence electrons. The van der Waals surface area contributed by atoms with Gasteiger partial charge < -0.3 is 4.74 Å². The van der Waals surface area contributed by atoms with Crippen LogP contribution in [0.5, 0.6) is 5.75 Å². The van der Waals surface area contributed by atoms with Crippen molar-refractivity contribution < 1.29 is 4.74 Å². The highest BCUT2D eigenvalue weighted by molar-refractivity contribution is 7.11. The number of rotatable bonds is 5. The predicted octanol–water partition coefficient (Wildman–Crippen LogP) is 6.58. The molecule has 0 saturated heterocycles. The Hall–Kier alpha value is -2.32. The van der Waals surface area contributed by atoms with Gasteiger partial charge in [-0.3, -0.25) is 0 Å². The Morgan fingerprint density at radius 3 is 2.65 bits per heavy atom. The summed E-state index contributed by atoms with van der Waals surface area (Å²) >= 11 is 13.6. The lowest BCUT2D eigenvalue weighted by atomic mass is 10.1. The number of aromatic nitrogens is 1. The van der Waals surface area contributed by atoms with Crippen LogP contribution in [0.25, 0.3) is 22.9 Å². The molecular formula is C20H14Cl2N2OS. The van der Waals surface area contributed by atoms with E-state index in [0.717, 1.165) is 22.6 Å². The molecule has 3 aromatic rings. The first kappa shape index (κ1) is 18.5. The molecule has 0 fully saturated rings. The summed E-state index contributed by atoms with van der Waals surface area (Å²) in [7, 11) is 0. The molecule has 0 saturated carbocycles. The normalized spacial score (nSPS) is 11.2. The van der Waals surface area contributed by atoms with Crippen molar-refractivity contribution >= 4 is 46.2 Å². The van der Waals surface area contributed by atoms with E-state index < -0.39 is 0 Å². The maximum absolute atomic E-state index is 9.53.